The fourth-order valence-corrected chi connectivity index (χ4v) is 7.03. The number of benzene rings is 3. The van der Waals surface area contributed by atoms with Crippen molar-refractivity contribution in [1.82, 2.24) is 9.80 Å². The van der Waals surface area contributed by atoms with Gasteiger partial charge in [-0.15, -0.1) is 11.8 Å². The van der Waals surface area contributed by atoms with Gasteiger partial charge in [-0.3, -0.25) is 0 Å². The first-order valence-corrected chi connectivity index (χ1v) is 14.9. The Morgan fingerprint density at radius 1 is 0.881 bits per heavy atom. The Bertz CT molecular complexity index is 1250. The summed E-state index contributed by atoms with van der Waals surface area (Å²) in [6, 6.07) is 31.4. The second kappa shape index (κ2) is 15.1. The normalized spacial score (nSPS) is 16.6. The number of likely N-dealkylation sites (tertiary alicyclic amines) is 1. The van der Waals surface area contributed by atoms with Gasteiger partial charge in [-0.05, 0) is 23.1 Å². The molecule has 1 heterocycles. The first-order valence-electron chi connectivity index (χ1n) is 14.0. The number of nitrogens with zero attached hydrogens (tertiary/aromatic N) is 2. The third-order valence-corrected chi connectivity index (χ3v) is 8.86. The van der Waals surface area contributed by atoms with Crippen LogP contribution in [0.15, 0.2) is 128 Å². The van der Waals surface area contributed by atoms with Gasteiger partial charge in [-0.1, -0.05) is 128 Å². The van der Waals surface area contributed by atoms with E-state index >= 15 is 0 Å². The van der Waals surface area contributed by atoms with Gasteiger partial charge < -0.3 is 19.3 Å². The number of ether oxygens (including phenoxy) is 2. The quantitative estimate of drug-likeness (QED) is 0.166. The van der Waals surface area contributed by atoms with Crippen molar-refractivity contribution >= 4 is 23.9 Å². The molecule has 0 aliphatic carbocycles. The highest BCUT2D eigenvalue weighted by Gasteiger charge is 2.44. The molecular weight excluding hydrogens is 544 g/mol. The van der Waals surface area contributed by atoms with E-state index in [1.807, 2.05) is 42.1 Å². The van der Waals surface area contributed by atoms with Crippen LogP contribution in [0, 0.1) is 0 Å². The third-order valence-electron chi connectivity index (χ3n) is 7.12. The highest BCUT2D eigenvalue weighted by atomic mass is 32.2. The number of carbonyl (C=O) groups excluding carboxylic acids is 2. The molecule has 42 heavy (non-hydrogen) atoms. The molecule has 3 aromatic rings. The predicted octanol–water partition coefficient (Wildman–Crippen LogP) is 7.29. The van der Waals surface area contributed by atoms with E-state index in [4.69, 9.17) is 9.47 Å². The summed E-state index contributed by atoms with van der Waals surface area (Å²) in [5, 5.41) is 0.0897. The van der Waals surface area contributed by atoms with E-state index in [9.17, 15) is 9.59 Å². The molecule has 0 saturated carbocycles. The van der Waals surface area contributed by atoms with Crippen molar-refractivity contribution in [2.75, 3.05) is 33.4 Å². The van der Waals surface area contributed by atoms with E-state index in [0.717, 1.165) is 6.42 Å². The van der Waals surface area contributed by atoms with Gasteiger partial charge in [0.05, 0.1) is 10.8 Å². The second-order valence-electron chi connectivity index (χ2n) is 10.0. The Kier molecular flexibility index (Phi) is 11.1. The Morgan fingerprint density at radius 3 is 1.88 bits per heavy atom. The Hall–Kier alpha value is -4.23. The van der Waals surface area contributed by atoms with Crippen molar-refractivity contribution in [1.29, 1.82) is 0 Å². The van der Waals surface area contributed by atoms with Crippen LogP contribution in [0.25, 0.3) is 0 Å². The summed E-state index contributed by atoms with van der Waals surface area (Å²) in [6.45, 7) is 8.42. The molecule has 4 rings (SSSR count). The van der Waals surface area contributed by atoms with Gasteiger partial charge in [-0.2, -0.15) is 0 Å². The fourth-order valence-electron chi connectivity index (χ4n) is 5.18. The lowest BCUT2D eigenvalue weighted by Crippen LogP contribution is -2.36. The van der Waals surface area contributed by atoms with Crippen LogP contribution in [0.1, 0.15) is 23.1 Å². The SMILES string of the molecule is C=CCOC(=O)N(C)C/C=C\[C@@H]1C[C@H](SC(c2ccccc2)(c2ccccc2)c2ccccc2)CN1C(=O)OCC=C. The maximum atomic E-state index is 13.2. The minimum atomic E-state index is -0.501. The summed E-state index contributed by atoms with van der Waals surface area (Å²) >= 11 is 1.86. The number of carbonyl (C=O) groups is 2. The van der Waals surface area contributed by atoms with Crippen molar-refractivity contribution in [3.8, 4) is 0 Å². The molecule has 218 valence electrons. The molecule has 1 saturated heterocycles. The van der Waals surface area contributed by atoms with E-state index in [1.165, 1.54) is 27.7 Å². The highest BCUT2D eigenvalue weighted by Crippen LogP contribution is 2.52. The summed E-state index contributed by atoms with van der Waals surface area (Å²) in [5.74, 6) is 0. The van der Waals surface area contributed by atoms with Crippen LogP contribution in [-0.2, 0) is 14.2 Å². The van der Waals surface area contributed by atoms with Gasteiger partial charge >= 0.3 is 12.2 Å². The second-order valence-corrected chi connectivity index (χ2v) is 11.5. The zero-order valence-electron chi connectivity index (χ0n) is 24.0. The minimum absolute atomic E-state index is 0.0897. The molecule has 2 atom stereocenters. The van der Waals surface area contributed by atoms with E-state index in [1.54, 1.807) is 18.0 Å². The standard InChI is InChI=1S/C35H38N2O4S/c1-4-24-40-33(38)36(3)23-15-22-31-26-32(27-37(31)34(39)41-25-5-2)42-35(28-16-9-6-10-17-28,29-18-11-7-12-19-29)30-20-13-8-14-21-30/h4-22,31-32H,1-2,23-27H2,3H3/b22-15-/t31-,32+/m1/s1. The number of hydrogen-bond acceptors (Lipinski definition) is 5. The summed E-state index contributed by atoms with van der Waals surface area (Å²) < 4.78 is 10.1. The summed E-state index contributed by atoms with van der Waals surface area (Å²) in [6.07, 6.45) is 6.91. The molecule has 6 nitrogen and oxygen atoms in total. The van der Waals surface area contributed by atoms with Crippen LogP contribution in [0.3, 0.4) is 0 Å². The zero-order valence-corrected chi connectivity index (χ0v) is 24.8. The molecule has 1 fully saturated rings. The van der Waals surface area contributed by atoms with Crippen LogP contribution in [0.4, 0.5) is 9.59 Å². The van der Waals surface area contributed by atoms with E-state index < -0.39 is 10.8 Å². The van der Waals surface area contributed by atoms with Crippen LogP contribution < -0.4 is 0 Å². The average molecular weight is 583 g/mol. The maximum Gasteiger partial charge on any atom is 0.410 e. The molecule has 0 radical (unpaired) electrons. The summed E-state index contributed by atoms with van der Waals surface area (Å²) in [5.41, 5.74) is 3.52. The van der Waals surface area contributed by atoms with Gasteiger partial charge in [0.15, 0.2) is 0 Å². The van der Waals surface area contributed by atoms with Gasteiger partial charge in [0.1, 0.15) is 13.2 Å². The summed E-state index contributed by atoms with van der Waals surface area (Å²) in [7, 11) is 1.67. The molecule has 0 N–H and O–H groups in total. The first kappa shape index (κ1) is 30.7. The number of hydrogen-bond donors (Lipinski definition) is 0. The van der Waals surface area contributed by atoms with Crippen molar-refractivity contribution < 1.29 is 19.1 Å². The first-order chi connectivity index (χ1) is 20.5. The lowest BCUT2D eigenvalue weighted by molar-refractivity contribution is 0.113. The van der Waals surface area contributed by atoms with Crippen LogP contribution >= 0.6 is 11.8 Å². The molecule has 0 bridgehead atoms. The lowest BCUT2D eigenvalue weighted by Gasteiger charge is -2.37. The fraction of sp³-hybridized carbons (Fsp3) is 0.257. The van der Waals surface area contributed by atoms with Crippen LogP contribution in [0.2, 0.25) is 0 Å². The van der Waals surface area contributed by atoms with E-state index in [0.29, 0.717) is 13.1 Å². The molecule has 3 aromatic carbocycles. The Labute approximate surface area is 253 Å². The molecule has 1 aliphatic heterocycles. The largest absolute Gasteiger partial charge is 0.445 e. The monoisotopic (exact) mass is 582 g/mol. The van der Waals surface area contributed by atoms with Gasteiger partial charge in [0, 0.05) is 25.4 Å². The lowest BCUT2D eigenvalue weighted by atomic mass is 9.84. The third kappa shape index (κ3) is 7.34. The number of amides is 2. The topological polar surface area (TPSA) is 59.1 Å². The van der Waals surface area contributed by atoms with Gasteiger partial charge in [0.25, 0.3) is 0 Å². The molecule has 2 amide bonds. The zero-order chi connectivity index (χ0) is 29.8. The number of likely N-dealkylation sites (N-methyl/N-ethyl adjacent to an activating group) is 1. The molecular formula is C35H38N2O4S. The number of thioether (sulfide) groups is 1. The van der Waals surface area contributed by atoms with Crippen molar-refractivity contribution in [2.45, 2.75) is 22.5 Å². The molecule has 0 aromatic heterocycles. The summed E-state index contributed by atoms with van der Waals surface area (Å²) in [4.78, 5) is 28.6. The van der Waals surface area contributed by atoms with Crippen molar-refractivity contribution in [3.63, 3.8) is 0 Å². The average Bonchev–Trinajstić information content (AvgIpc) is 3.44. The van der Waals surface area contributed by atoms with Crippen molar-refractivity contribution in [2.24, 2.45) is 0 Å². The Morgan fingerprint density at radius 2 is 1.38 bits per heavy atom. The minimum Gasteiger partial charge on any atom is -0.445 e. The molecule has 1 aliphatic rings. The molecule has 0 unspecified atom stereocenters. The highest BCUT2D eigenvalue weighted by molar-refractivity contribution is 8.01. The van der Waals surface area contributed by atoms with Crippen LogP contribution in [0.5, 0.6) is 0 Å². The van der Waals surface area contributed by atoms with Gasteiger partial charge in [0.2, 0.25) is 0 Å². The van der Waals surface area contributed by atoms with E-state index in [2.05, 4.69) is 86.0 Å². The molecule has 7 heteroatoms. The Balaban J connectivity index is 1.66. The molecule has 0 spiro atoms. The van der Waals surface area contributed by atoms with Crippen LogP contribution in [-0.4, -0.2) is 66.6 Å². The maximum absolute atomic E-state index is 13.2. The predicted molar refractivity (Wildman–Crippen MR) is 171 cm³/mol. The smallest absolute Gasteiger partial charge is 0.410 e. The van der Waals surface area contributed by atoms with Gasteiger partial charge in [-0.25, -0.2) is 9.59 Å². The van der Waals surface area contributed by atoms with Crippen molar-refractivity contribution in [3.05, 3.63) is 145 Å². The van der Waals surface area contributed by atoms with E-state index in [-0.39, 0.29) is 30.6 Å². The number of rotatable bonds is 12.